The third-order valence-corrected chi connectivity index (χ3v) is 5.28. The van der Waals surface area contributed by atoms with Crippen LogP contribution in [-0.2, 0) is 23.1 Å². The first kappa shape index (κ1) is 33.2. The predicted molar refractivity (Wildman–Crippen MR) is 138 cm³/mol. The first-order chi connectivity index (χ1) is 16.6. The molecular weight excluding hydrogens is 469 g/mol. The van der Waals surface area contributed by atoms with Gasteiger partial charge in [-0.2, -0.15) is 0 Å². The number of rotatable bonds is 20. The Kier molecular flexibility index (Phi) is 19.3. The van der Waals surface area contributed by atoms with Gasteiger partial charge in [0.05, 0.1) is 34.2 Å². The number of carbonyl (C=O) groups is 1. The largest absolute Gasteiger partial charge is 0.756 e. The van der Waals surface area contributed by atoms with E-state index in [4.69, 9.17) is 9.26 Å². The van der Waals surface area contributed by atoms with Crippen molar-refractivity contribution in [3.63, 3.8) is 0 Å². The molecule has 0 aliphatic carbocycles. The number of allylic oxidation sites excluding steroid dienone is 9. The van der Waals surface area contributed by atoms with Gasteiger partial charge < -0.3 is 28.3 Å². The van der Waals surface area contributed by atoms with Gasteiger partial charge in [0.1, 0.15) is 25.9 Å². The van der Waals surface area contributed by atoms with E-state index in [9.17, 15) is 19.4 Å². The van der Waals surface area contributed by atoms with E-state index in [1.807, 2.05) is 33.3 Å². The van der Waals surface area contributed by atoms with Crippen molar-refractivity contribution >= 4 is 13.8 Å². The second kappa shape index (κ2) is 20.4. The molecule has 35 heavy (non-hydrogen) atoms. The summed E-state index contributed by atoms with van der Waals surface area (Å²) in [7, 11) is 1.19. The first-order valence-corrected chi connectivity index (χ1v) is 13.5. The Bertz CT molecular complexity index is 751. The highest BCUT2D eigenvalue weighted by Crippen LogP contribution is 2.38. The van der Waals surface area contributed by atoms with E-state index < -0.39 is 26.5 Å². The lowest BCUT2D eigenvalue weighted by atomic mass is 10.2. The van der Waals surface area contributed by atoms with Gasteiger partial charge in [-0.15, -0.1) is 0 Å². The highest BCUT2D eigenvalue weighted by Gasteiger charge is 2.16. The second-order valence-corrected chi connectivity index (χ2v) is 10.2. The minimum atomic E-state index is -4.51. The number of nitrogens with zero attached hydrogens (tertiary/aromatic N) is 1. The van der Waals surface area contributed by atoms with Gasteiger partial charge >= 0.3 is 5.97 Å². The zero-order valence-electron chi connectivity index (χ0n) is 21.7. The third kappa shape index (κ3) is 25.1. The second-order valence-electron chi connectivity index (χ2n) is 8.84. The van der Waals surface area contributed by atoms with Crippen molar-refractivity contribution in [3.8, 4) is 0 Å². The standard InChI is InChI=1S/C26H44NO7P/c1-5-6-7-8-9-10-11-12-13-14-15-16-17-18-19-20-26(29)32-23-25(28)24-34-35(30,31)33-22-21-27(2,3)4/h6-7,9-10,12-13,15-16,18-19,25,28H,5,8,11,14,17,20-24H2,1-4H3/b7-6-,10-9-,13-12-,16-15-,19-18-. The van der Waals surface area contributed by atoms with Crippen molar-refractivity contribution in [2.75, 3.05) is 47.5 Å². The predicted octanol–water partition coefficient (Wildman–Crippen LogP) is 4.24. The van der Waals surface area contributed by atoms with E-state index in [0.29, 0.717) is 17.4 Å². The lowest BCUT2D eigenvalue weighted by Crippen LogP contribution is -2.37. The maximum atomic E-state index is 11.7. The van der Waals surface area contributed by atoms with E-state index in [1.54, 1.807) is 6.08 Å². The van der Waals surface area contributed by atoms with Gasteiger partial charge in [0.25, 0.3) is 7.82 Å². The maximum Gasteiger partial charge on any atom is 0.309 e. The van der Waals surface area contributed by atoms with E-state index in [0.717, 1.165) is 25.7 Å². The Balaban J connectivity index is 3.86. The number of esters is 1. The fraction of sp³-hybridized carbons (Fsp3) is 0.577. The number of likely N-dealkylation sites (N-methyl/N-ethyl adjacent to an activating group) is 1. The zero-order valence-corrected chi connectivity index (χ0v) is 22.6. The summed E-state index contributed by atoms with van der Waals surface area (Å²) in [6, 6.07) is 0. The summed E-state index contributed by atoms with van der Waals surface area (Å²) in [4.78, 5) is 23.4. The molecule has 2 atom stereocenters. The van der Waals surface area contributed by atoms with Crippen LogP contribution < -0.4 is 4.89 Å². The number of aliphatic hydroxyl groups is 1. The SMILES string of the molecule is CC/C=C\C/C=C\C/C=C\C/C=C\C/C=C\CC(=O)OCC(O)COP(=O)([O-])OCC[N+](C)(C)C. The van der Waals surface area contributed by atoms with Crippen LogP contribution in [0.25, 0.3) is 0 Å². The molecule has 1 N–H and O–H groups in total. The summed E-state index contributed by atoms with van der Waals surface area (Å²) < 4.78 is 26.5. The Morgan fingerprint density at radius 2 is 1.34 bits per heavy atom. The molecule has 0 fully saturated rings. The van der Waals surface area contributed by atoms with Crippen LogP contribution in [0.5, 0.6) is 0 Å². The molecule has 0 amide bonds. The van der Waals surface area contributed by atoms with E-state index in [1.165, 1.54) is 0 Å². The number of hydrogen-bond acceptors (Lipinski definition) is 7. The lowest BCUT2D eigenvalue weighted by molar-refractivity contribution is -0.870. The van der Waals surface area contributed by atoms with Gasteiger partial charge in [0, 0.05) is 0 Å². The Hall–Kier alpha value is -1.80. The van der Waals surface area contributed by atoms with Crippen molar-refractivity contribution in [2.24, 2.45) is 0 Å². The molecule has 200 valence electrons. The molecule has 0 rings (SSSR count). The number of hydrogen-bond donors (Lipinski definition) is 1. The summed E-state index contributed by atoms with van der Waals surface area (Å²) in [6.07, 6.45) is 23.8. The molecule has 0 aromatic carbocycles. The number of phosphoric ester groups is 1. The van der Waals surface area contributed by atoms with Crippen LogP contribution in [-0.4, -0.2) is 69.2 Å². The van der Waals surface area contributed by atoms with Gasteiger partial charge in [0.15, 0.2) is 0 Å². The number of ether oxygens (including phenoxy) is 1. The van der Waals surface area contributed by atoms with Crippen molar-refractivity contribution in [3.05, 3.63) is 60.8 Å². The molecule has 0 saturated heterocycles. The van der Waals surface area contributed by atoms with E-state index in [2.05, 4.69) is 54.0 Å². The van der Waals surface area contributed by atoms with Crippen LogP contribution in [0.1, 0.15) is 45.4 Å². The topological polar surface area (TPSA) is 105 Å². The fourth-order valence-corrected chi connectivity index (χ4v) is 3.10. The quantitative estimate of drug-likeness (QED) is 0.112. The van der Waals surface area contributed by atoms with Crippen LogP contribution in [0.15, 0.2) is 60.8 Å². The minimum absolute atomic E-state index is 0.0252. The summed E-state index contributed by atoms with van der Waals surface area (Å²) in [5.74, 6) is -0.519. The number of phosphoric acid groups is 1. The molecule has 0 spiro atoms. The molecular formula is C26H44NO7P. The number of quaternary nitrogens is 1. The van der Waals surface area contributed by atoms with Crippen LogP contribution in [0, 0.1) is 0 Å². The molecule has 0 bridgehead atoms. The van der Waals surface area contributed by atoms with Crippen molar-refractivity contribution in [1.29, 1.82) is 0 Å². The van der Waals surface area contributed by atoms with E-state index in [-0.39, 0.29) is 19.6 Å². The number of aliphatic hydroxyl groups excluding tert-OH is 1. The highest BCUT2D eigenvalue weighted by atomic mass is 31.2. The van der Waals surface area contributed by atoms with Crippen LogP contribution in [0.3, 0.4) is 0 Å². The number of carbonyl (C=O) groups excluding carboxylic acids is 1. The Morgan fingerprint density at radius 1 is 0.857 bits per heavy atom. The fourth-order valence-electron chi connectivity index (χ4n) is 2.37. The van der Waals surface area contributed by atoms with Crippen LogP contribution >= 0.6 is 7.82 Å². The lowest BCUT2D eigenvalue weighted by Gasteiger charge is -2.27. The normalized spacial score (nSPS) is 15.7. The molecule has 8 nitrogen and oxygen atoms in total. The molecule has 0 saturated carbocycles. The van der Waals surface area contributed by atoms with Gasteiger partial charge in [0.2, 0.25) is 0 Å². The van der Waals surface area contributed by atoms with Gasteiger partial charge in [-0.05, 0) is 32.1 Å². The third-order valence-electron chi connectivity index (χ3n) is 4.32. The molecule has 0 aromatic rings. The molecule has 0 aliphatic rings. The first-order valence-electron chi connectivity index (χ1n) is 12.0. The molecule has 0 aromatic heterocycles. The highest BCUT2D eigenvalue weighted by molar-refractivity contribution is 7.45. The summed E-state index contributed by atoms with van der Waals surface area (Å²) in [5.41, 5.74) is 0. The van der Waals surface area contributed by atoms with Gasteiger partial charge in [-0.25, -0.2) is 0 Å². The van der Waals surface area contributed by atoms with E-state index >= 15 is 0 Å². The Labute approximate surface area is 211 Å². The molecule has 0 aliphatic heterocycles. The Morgan fingerprint density at radius 3 is 1.83 bits per heavy atom. The van der Waals surface area contributed by atoms with Crippen molar-refractivity contribution in [2.45, 2.75) is 51.6 Å². The maximum absolute atomic E-state index is 11.7. The van der Waals surface area contributed by atoms with Crippen molar-refractivity contribution < 1.29 is 37.6 Å². The van der Waals surface area contributed by atoms with Gasteiger partial charge in [-0.1, -0.05) is 67.7 Å². The zero-order chi connectivity index (χ0) is 26.4. The molecule has 0 radical (unpaired) electrons. The smallest absolute Gasteiger partial charge is 0.309 e. The molecule has 0 heterocycles. The molecule has 2 unspecified atom stereocenters. The average molecular weight is 514 g/mol. The van der Waals surface area contributed by atoms with Crippen molar-refractivity contribution in [1.82, 2.24) is 0 Å². The minimum Gasteiger partial charge on any atom is -0.756 e. The average Bonchev–Trinajstić information content (AvgIpc) is 2.78. The summed E-state index contributed by atoms with van der Waals surface area (Å²) in [5, 5.41) is 9.76. The molecule has 9 heteroatoms. The monoisotopic (exact) mass is 513 g/mol. The van der Waals surface area contributed by atoms with Crippen LogP contribution in [0.4, 0.5) is 0 Å². The summed E-state index contributed by atoms with van der Waals surface area (Å²) >= 11 is 0. The van der Waals surface area contributed by atoms with Crippen LogP contribution in [0.2, 0.25) is 0 Å². The van der Waals surface area contributed by atoms with Gasteiger partial charge in [-0.3, -0.25) is 9.36 Å². The summed E-state index contributed by atoms with van der Waals surface area (Å²) in [6.45, 7) is 1.67.